The Morgan fingerprint density at radius 2 is 1.80 bits per heavy atom. The number of rotatable bonds is 4. The number of sulfonamides is 1. The number of hydrogen-bond donors (Lipinski definition) is 1. The van der Waals surface area contributed by atoms with Crippen LogP contribution >= 0.6 is 0 Å². The molecule has 1 N–H and O–H groups in total. The highest BCUT2D eigenvalue weighted by Gasteiger charge is 2.16. The maximum atomic E-state index is 10.9. The molecule has 0 radical (unpaired) electrons. The monoisotopic (exact) mass is 255 g/mol. The van der Waals surface area contributed by atoms with Gasteiger partial charge in [0.1, 0.15) is 0 Å². The van der Waals surface area contributed by atoms with Gasteiger partial charge in [0.05, 0.1) is 12.8 Å². The minimum absolute atomic E-state index is 0.110. The van der Waals surface area contributed by atoms with E-state index >= 15 is 0 Å². The van der Waals surface area contributed by atoms with Gasteiger partial charge >= 0.3 is 5.22 Å². The van der Waals surface area contributed by atoms with E-state index in [1.54, 1.807) is 0 Å². The fourth-order valence-electron chi connectivity index (χ4n) is 0.652. The summed E-state index contributed by atoms with van der Waals surface area (Å²) in [5.74, 6) is -0.110. The molecule has 10 heteroatoms. The van der Waals surface area contributed by atoms with Crippen molar-refractivity contribution in [3.63, 3.8) is 0 Å². The fourth-order valence-corrected chi connectivity index (χ4v) is 1.47. The van der Waals surface area contributed by atoms with E-state index in [0.717, 1.165) is 12.5 Å². The van der Waals surface area contributed by atoms with E-state index in [-0.39, 0.29) is 12.4 Å². The van der Waals surface area contributed by atoms with Gasteiger partial charge in [-0.15, -0.1) is 5.10 Å². The van der Waals surface area contributed by atoms with Crippen LogP contribution in [0.15, 0.2) is 9.64 Å². The third kappa shape index (κ3) is 3.93. The van der Waals surface area contributed by atoms with Gasteiger partial charge in [-0.05, 0) is 0 Å². The molecule has 0 aliphatic heterocycles. The Morgan fingerprint density at radius 3 is 2.20 bits per heavy atom. The maximum Gasteiger partial charge on any atom is 0.335 e. The Balaban J connectivity index is 2.79. The van der Waals surface area contributed by atoms with Crippen LogP contribution in [0.3, 0.4) is 0 Å². The molecule has 0 fully saturated rings. The number of nitrogens with one attached hydrogen (secondary N) is 1. The first kappa shape index (κ1) is 12.1. The van der Waals surface area contributed by atoms with E-state index < -0.39 is 25.1 Å². The van der Waals surface area contributed by atoms with Crippen molar-refractivity contribution in [3.8, 4) is 0 Å². The second-order valence-corrected chi connectivity index (χ2v) is 6.55. The van der Waals surface area contributed by atoms with Gasteiger partial charge in [0, 0.05) is 6.26 Å². The molecule has 0 saturated carbocycles. The predicted molar refractivity (Wildman–Crippen MR) is 49.1 cm³/mol. The molecular weight excluding hydrogens is 246 g/mol. The smallest absolute Gasteiger partial charge is 0.335 e. The summed E-state index contributed by atoms with van der Waals surface area (Å²) in [6.45, 7) is -0.235. The Kier molecular flexibility index (Phi) is 3.11. The van der Waals surface area contributed by atoms with Crippen LogP contribution in [0.1, 0.15) is 5.89 Å². The lowest BCUT2D eigenvalue weighted by Gasteiger charge is -1.95. The number of sulfone groups is 1. The van der Waals surface area contributed by atoms with Gasteiger partial charge in [-0.3, -0.25) is 0 Å². The summed E-state index contributed by atoms with van der Waals surface area (Å²) in [6, 6.07) is 0. The summed E-state index contributed by atoms with van der Waals surface area (Å²) in [5.41, 5.74) is 0. The molecule has 0 spiro atoms. The van der Waals surface area contributed by atoms with Gasteiger partial charge in [0.15, 0.2) is 0 Å². The summed E-state index contributed by atoms with van der Waals surface area (Å²) in [7, 11) is -6.93. The lowest BCUT2D eigenvalue weighted by molar-refractivity contribution is 0.394. The molecular formula is C5H9N3O5S2. The molecule has 0 aliphatic carbocycles. The van der Waals surface area contributed by atoms with Crippen molar-refractivity contribution in [1.29, 1.82) is 0 Å². The lowest BCUT2D eigenvalue weighted by atomic mass is 10.7. The quantitative estimate of drug-likeness (QED) is 0.696. The third-order valence-corrected chi connectivity index (χ3v) is 2.72. The van der Waals surface area contributed by atoms with Gasteiger partial charge < -0.3 is 4.42 Å². The molecule has 1 rings (SSSR count). The first-order valence-electron chi connectivity index (χ1n) is 3.65. The topological polar surface area (TPSA) is 119 Å². The average molecular weight is 255 g/mol. The van der Waals surface area contributed by atoms with Crippen LogP contribution in [-0.2, 0) is 26.4 Å². The van der Waals surface area contributed by atoms with Crippen LogP contribution in [0.25, 0.3) is 0 Å². The summed E-state index contributed by atoms with van der Waals surface area (Å²) >= 11 is 0. The zero-order valence-corrected chi connectivity index (χ0v) is 9.59. The van der Waals surface area contributed by atoms with E-state index in [1.807, 2.05) is 0 Å². The summed E-state index contributed by atoms with van der Waals surface area (Å²) in [6.07, 6.45) is 1.87. The third-order valence-electron chi connectivity index (χ3n) is 1.25. The molecule has 86 valence electrons. The minimum Gasteiger partial charge on any atom is -0.411 e. The molecule has 1 aromatic heterocycles. The average Bonchev–Trinajstić information content (AvgIpc) is 2.45. The SMILES string of the molecule is CS(=O)(=O)NCc1nnc(S(C)(=O)=O)o1. The summed E-state index contributed by atoms with van der Waals surface area (Å²) in [5, 5.41) is 6.08. The van der Waals surface area contributed by atoms with Crippen molar-refractivity contribution in [3.05, 3.63) is 5.89 Å². The summed E-state index contributed by atoms with van der Waals surface area (Å²) in [4.78, 5) is 0. The van der Waals surface area contributed by atoms with Crippen molar-refractivity contribution in [2.75, 3.05) is 12.5 Å². The van der Waals surface area contributed by atoms with Crippen molar-refractivity contribution < 1.29 is 21.3 Å². The van der Waals surface area contributed by atoms with Crippen molar-refractivity contribution in [2.24, 2.45) is 0 Å². The van der Waals surface area contributed by atoms with Crippen LogP contribution < -0.4 is 4.72 Å². The number of nitrogens with zero attached hydrogens (tertiary/aromatic N) is 2. The lowest BCUT2D eigenvalue weighted by Crippen LogP contribution is -2.21. The van der Waals surface area contributed by atoms with E-state index in [4.69, 9.17) is 4.42 Å². The van der Waals surface area contributed by atoms with Crippen LogP contribution in [0.5, 0.6) is 0 Å². The van der Waals surface area contributed by atoms with Gasteiger partial charge in [-0.2, -0.15) is 0 Å². The van der Waals surface area contributed by atoms with Crippen molar-refractivity contribution in [1.82, 2.24) is 14.9 Å². The van der Waals surface area contributed by atoms with Crippen LogP contribution in [0, 0.1) is 0 Å². The zero-order chi connectivity index (χ0) is 11.7. The molecule has 0 bridgehead atoms. The Hall–Kier alpha value is -1.00. The van der Waals surface area contributed by atoms with Crippen LogP contribution in [0.2, 0.25) is 0 Å². The maximum absolute atomic E-state index is 10.9. The first-order valence-corrected chi connectivity index (χ1v) is 7.44. The molecule has 0 saturated heterocycles. The van der Waals surface area contributed by atoms with Gasteiger partial charge in [-0.1, -0.05) is 5.10 Å². The predicted octanol–water partition coefficient (Wildman–Crippen LogP) is -1.48. The van der Waals surface area contributed by atoms with Crippen LogP contribution in [-0.4, -0.2) is 39.5 Å². The highest BCUT2D eigenvalue weighted by Crippen LogP contribution is 2.06. The van der Waals surface area contributed by atoms with Crippen molar-refractivity contribution in [2.45, 2.75) is 11.8 Å². The standard InChI is InChI=1S/C5H9N3O5S2/c1-14(9,10)5-8-7-4(13-5)3-6-15(2,11)12/h6H,3H2,1-2H3. The molecule has 0 unspecified atom stereocenters. The molecule has 8 nitrogen and oxygen atoms in total. The van der Waals surface area contributed by atoms with Crippen molar-refractivity contribution >= 4 is 19.9 Å². The summed E-state index contributed by atoms with van der Waals surface area (Å²) < 4.78 is 50.0. The zero-order valence-electron chi connectivity index (χ0n) is 7.96. The highest BCUT2D eigenvalue weighted by atomic mass is 32.2. The molecule has 0 aromatic carbocycles. The molecule has 0 aliphatic rings. The Bertz CT molecular complexity index is 543. The van der Waals surface area contributed by atoms with Gasteiger partial charge in [-0.25, -0.2) is 21.6 Å². The Labute approximate surface area is 86.7 Å². The molecule has 1 heterocycles. The first-order chi connectivity index (χ1) is 6.68. The van der Waals surface area contributed by atoms with Crippen LogP contribution in [0.4, 0.5) is 0 Å². The molecule has 1 aromatic rings. The minimum atomic E-state index is -3.55. The van der Waals surface area contributed by atoms with E-state index in [9.17, 15) is 16.8 Å². The number of hydrogen-bond acceptors (Lipinski definition) is 7. The van der Waals surface area contributed by atoms with E-state index in [2.05, 4.69) is 14.9 Å². The number of aromatic nitrogens is 2. The molecule has 15 heavy (non-hydrogen) atoms. The second kappa shape index (κ2) is 3.87. The van der Waals surface area contributed by atoms with Gasteiger partial charge in [0.25, 0.3) is 0 Å². The molecule has 0 atom stereocenters. The van der Waals surface area contributed by atoms with Gasteiger partial charge in [0.2, 0.25) is 25.8 Å². The van der Waals surface area contributed by atoms with E-state index in [1.165, 1.54) is 0 Å². The normalized spacial score (nSPS) is 12.9. The largest absolute Gasteiger partial charge is 0.411 e. The second-order valence-electron chi connectivity index (χ2n) is 2.83. The Morgan fingerprint density at radius 1 is 1.20 bits per heavy atom. The van der Waals surface area contributed by atoms with E-state index in [0.29, 0.717) is 0 Å². The molecule has 0 amide bonds. The highest BCUT2D eigenvalue weighted by molar-refractivity contribution is 7.90. The fraction of sp³-hybridized carbons (Fsp3) is 0.600.